The van der Waals surface area contributed by atoms with Gasteiger partial charge in [-0.25, -0.2) is 4.79 Å². The number of nitrogens with zero attached hydrogens (tertiary/aromatic N) is 2. The SMILES string of the molecule is CCN(CC)CCCNCc1cc(C(=O)O)no1. The summed E-state index contributed by atoms with van der Waals surface area (Å²) in [5.74, 6) is -0.512. The molecule has 0 spiro atoms. The van der Waals surface area contributed by atoms with Gasteiger partial charge >= 0.3 is 5.97 Å². The lowest BCUT2D eigenvalue weighted by Gasteiger charge is -2.17. The number of carboxylic acid groups (broad SMARTS) is 1. The fourth-order valence-electron chi connectivity index (χ4n) is 1.68. The maximum atomic E-state index is 10.6. The summed E-state index contributed by atoms with van der Waals surface area (Å²) in [6.45, 7) is 8.90. The van der Waals surface area contributed by atoms with E-state index in [1.807, 2.05) is 0 Å². The minimum atomic E-state index is -1.06. The number of hydrogen-bond acceptors (Lipinski definition) is 5. The first-order valence-corrected chi connectivity index (χ1v) is 6.29. The fraction of sp³-hybridized carbons (Fsp3) is 0.667. The predicted molar refractivity (Wildman–Crippen MR) is 67.6 cm³/mol. The molecular weight excluding hydrogens is 234 g/mol. The van der Waals surface area contributed by atoms with Crippen LogP contribution in [0.2, 0.25) is 0 Å². The zero-order chi connectivity index (χ0) is 13.4. The lowest BCUT2D eigenvalue weighted by atomic mass is 10.3. The van der Waals surface area contributed by atoms with Gasteiger partial charge in [0, 0.05) is 6.07 Å². The molecule has 6 nitrogen and oxygen atoms in total. The summed E-state index contributed by atoms with van der Waals surface area (Å²) in [6, 6.07) is 1.44. The molecule has 0 unspecified atom stereocenters. The highest BCUT2D eigenvalue weighted by atomic mass is 16.5. The first-order valence-electron chi connectivity index (χ1n) is 6.29. The van der Waals surface area contributed by atoms with Crippen LogP contribution in [0.15, 0.2) is 10.6 Å². The molecule has 0 radical (unpaired) electrons. The molecule has 0 saturated heterocycles. The second-order valence-electron chi connectivity index (χ2n) is 4.04. The maximum Gasteiger partial charge on any atom is 0.358 e. The molecule has 1 aromatic heterocycles. The fourth-order valence-corrected chi connectivity index (χ4v) is 1.68. The number of hydrogen-bond donors (Lipinski definition) is 2. The molecule has 2 N–H and O–H groups in total. The summed E-state index contributed by atoms with van der Waals surface area (Å²) in [5, 5.41) is 15.3. The average molecular weight is 255 g/mol. The van der Waals surface area contributed by atoms with E-state index in [4.69, 9.17) is 9.63 Å². The Balaban J connectivity index is 2.15. The smallest absolute Gasteiger partial charge is 0.358 e. The minimum absolute atomic E-state index is 0.0464. The first kappa shape index (κ1) is 14.7. The average Bonchev–Trinajstić information content (AvgIpc) is 2.83. The third-order valence-corrected chi connectivity index (χ3v) is 2.80. The van der Waals surface area contributed by atoms with Gasteiger partial charge in [0.2, 0.25) is 0 Å². The second-order valence-corrected chi connectivity index (χ2v) is 4.04. The molecule has 0 aliphatic carbocycles. The van der Waals surface area contributed by atoms with Crippen LogP contribution in [0.4, 0.5) is 0 Å². The Morgan fingerprint density at radius 3 is 2.78 bits per heavy atom. The van der Waals surface area contributed by atoms with E-state index in [0.29, 0.717) is 12.3 Å². The van der Waals surface area contributed by atoms with Gasteiger partial charge in [0.15, 0.2) is 11.5 Å². The molecule has 0 bridgehead atoms. The third kappa shape index (κ3) is 4.85. The van der Waals surface area contributed by atoms with Crippen LogP contribution in [-0.2, 0) is 6.54 Å². The van der Waals surface area contributed by atoms with E-state index >= 15 is 0 Å². The van der Waals surface area contributed by atoms with Crippen molar-refractivity contribution in [1.29, 1.82) is 0 Å². The van der Waals surface area contributed by atoms with E-state index in [9.17, 15) is 4.79 Å². The molecule has 18 heavy (non-hydrogen) atoms. The lowest BCUT2D eigenvalue weighted by Crippen LogP contribution is -2.27. The van der Waals surface area contributed by atoms with Gasteiger partial charge in [0.05, 0.1) is 6.54 Å². The minimum Gasteiger partial charge on any atom is -0.476 e. The highest BCUT2D eigenvalue weighted by molar-refractivity contribution is 5.85. The van der Waals surface area contributed by atoms with Crippen molar-refractivity contribution in [3.8, 4) is 0 Å². The summed E-state index contributed by atoms with van der Waals surface area (Å²) in [6.07, 6.45) is 1.06. The van der Waals surface area contributed by atoms with Crippen LogP contribution in [0.1, 0.15) is 36.5 Å². The van der Waals surface area contributed by atoms with Crippen molar-refractivity contribution in [2.75, 3.05) is 26.2 Å². The summed E-state index contributed by atoms with van der Waals surface area (Å²) >= 11 is 0. The van der Waals surface area contributed by atoms with Crippen molar-refractivity contribution in [3.05, 3.63) is 17.5 Å². The van der Waals surface area contributed by atoms with E-state index in [2.05, 4.69) is 29.2 Å². The van der Waals surface area contributed by atoms with Gasteiger partial charge in [0.1, 0.15) is 0 Å². The monoisotopic (exact) mass is 255 g/mol. The van der Waals surface area contributed by atoms with Gasteiger partial charge in [0.25, 0.3) is 0 Å². The Labute approximate surface area is 107 Å². The number of aromatic nitrogens is 1. The molecule has 102 valence electrons. The number of aromatic carboxylic acids is 1. The van der Waals surface area contributed by atoms with E-state index in [0.717, 1.165) is 32.6 Å². The summed E-state index contributed by atoms with van der Waals surface area (Å²) < 4.78 is 4.89. The van der Waals surface area contributed by atoms with Gasteiger partial charge in [-0.05, 0) is 32.6 Å². The van der Waals surface area contributed by atoms with Crippen LogP contribution in [-0.4, -0.2) is 47.3 Å². The van der Waals surface area contributed by atoms with Crippen LogP contribution < -0.4 is 5.32 Å². The lowest BCUT2D eigenvalue weighted by molar-refractivity contribution is 0.0685. The maximum absolute atomic E-state index is 10.6. The number of carboxylic acids is 1. The molecule has 0 amide bonds. The summed E-state index contributed by atoms with van der Waals surface area (Å²) in [5.41, 5.74) is -0.0464. The van der Waals surface area contributed by atoms with Crippen molar-refractivity contribution < 1.29 is 14.4 Å². The molecule has 0 saturated carbocycles. The van der Waals surface area contributed by atoms with Crippen molar-refractivity contribution in [2.24, 2.45) is 0 Å². The van der Waals surface area contributed by atoms with Gasteiger partial charge in [-0.2, -0.15) is 0 Å². The second kappa shape index (κ2) is 7.84. The highest BCUT2D eigenvalue weighted by Crippen LogP contribution is 2.02. The Morgan fingerprint density at radius 1 is 1.50 bits per heavy atom. The van der Waals surface area contributed by atoms with Gasteiger partial charge in [-0.1, -0.05) is 19.0 Å². The molecule has 0 aliphatic rings. The summed E-state index contributed by atoms with van der Waals surface area (Å²) in [7, 11) is 0. The van der Waals surface area contributed by atoms with Crippen molar-refractivity contribution in [1.82, 2.24) is 15.4 Å². The number of nitrogens with one attached hydrogen (secondary N) is 1. The van der Waals surface area contributed by atoms with E-state index in [-0.39, 0.29) is 5.69 Å². The molecule has 0 aliphatic heterocycles. The zero-order valence-corrected chi connectivity index (χ0v) is 11.0. The number of carbonyl (C=O) groups is 1. The Kier molecular flexibility index (Phi) is 6.38. The molecule has 1 rings (SSSR count). The molecule has 0 fully saturated rings. The van der Waals surface area contributed by atoms with Crippen LogP contribution in [0.5, 0.6) is 0 Å². The van der Waals surface area contributed by atoms with Crippen LogP contribution >= 0.6 is 0 Å². The zero-order valence-electron chi connectivity index (χ0n) is 11.0. The Bertz CT molecular complexity index is 361. The highest BCUT2D eigenvalue weighted by Gasteiger charge is 2.09. The largest absolute Gasteiger partial charge is 0.476 e. The van der Waals surface area contributed by atoms with Crippen molar-refractivity contribution >= 4 is 5.97 Å². The van der Waals surface area contributed by atoms with Crippen LogP contribution in [0.3, 0.4) is 0 Å². The van der Waals surface area contributed by atoms with E-state index < -0.39 is 5.97 Å². The topological polar surface area (TPSA) is 78.6 Å². The first-order chi connectivity index (χ1) is 8.67. The van der Waals surface area contributed by atoms with Crippen LogP contribution in [0, 0.1) is 0 Å². The Hall–Kier alpha value is -1.40. The third-order valence-electron chi connectivity index (χ3n) is 2.80. The van der Waals surface area contributed by atoms with E-state index in [1.54, 1.807) is 0 Å². The molecule has 1 aromatic rings. The molecule has 6 heteroatoms. The van der Waals surface area contributed by atoms with Gasteiger partial charge in [-0.3, -0.25) is 0 Å². The van der Waals surface area contributed by atoms with E-state index in [1.165, 1.54) is 6.07 Å². The normalized spacial score (nSPS) is 11.1. The molecular formula is C12H21N3O3. The quantitative estimate of drug-likeness (QED) is 0.645. The molecule has 0 atom stereocenters. The Morgan fingerprint density at radius 2 is 2.22 bits per heavy atom. The standard InChI is InChI=1S/C12H21N3O3/c1-3-15(4-2)7-5-6-13-9-10-8-11(12(16)17)14-18-10/h8,13H,3-7,9H2,1-2H3,(H,16,17). The van der Waals surface area contributed by atoms with Crippen molar-refractivity contribution in [3.63, 3.8) is 0 Å². The number of rotatable bonds is 9. The van der Waals surface area contributed by atoms with Crippen LogP contribution in [0.25, 0.3) is 0 Å². The van der Waals surface area contributed by atoms with Gasteiger partial charge in [-0.15, -0.1) is 0 Å². The van der Waals surface area contributed by atoms with Crippen molar-refractivity contribution in [2.45, 2.75) is 26.8 Å². The molecule has 1 heterocycles. The molecule has 0 aromatic carbocycles. The van der Waals surface area contributed by atoms with Gasteiger partial charge < -0.3 is 19.8 Å². The summed E-state index contributed by atoms with van der Waals surface area (Å²) in [4.78, 5) is 12.9. The predicted octanol–water partition coefficient (Wildman–Crippen LogP) is 1.19.